The van der Waals surface area contributed by atoms with Crippen LogP contribution < -0.4 is 10.5 Å². The maximum atomic E-state index is 12.9. The molecule has 0 heterocycles. The van der Waals surface area contributed by atoms with Crippen molar-refractivity contribution in [2.24, 2.45) is 5.73 Å². The van der Waals surface area contributed by atoms with E-state index >= 15 is 0 Å². The number of unbranched alkanes of at least 4 members (excludes halogenated alkanes) is 3. The van der Waals surface area contributed by atoms with Gasteiger partial charge in [0.2, 0.25) is 5.91 Å². The Hall–Kier alpha value is -1.55. The largest absolute Gasteiger partial charge is 0.494 e. The zero-order valence-electron chi connectivity index (χ0n) is 16.2. The maximum absolute atomic E-state index is 12.9. The second-order valence-corrected chi connectivity index (χ2v) is 8.00. The average Bonchev–Trinajstić information content (AvgIpc) is 2.56. The molecule has 2 fully saturated rings. The third-order valence-corrected chi connectivity index (χ3v) is 5.84. The molecule has 2 saturated carbocycles. The van der Waals surface area contributed by atoms with Crippen molar-refractivity contribution in [2.75, 3.05) is 6.61 Å². The van der Waals surface area contributed by atoms with Crippen molar-refractivity contribution in [1.29, 1.82) is 0 Å². The molecule has 4 heteroatoms. The lowest BCUT2D eigenvalue weighted by molar-refractivity contribution is -0.140. The molecule has 26 heavy (non-hydrogen) atoms. The maximum Gasteiger partial charge on any atom is 0.227 e. The summed E-state index contributed by atoms with van der Waals surface area (Å²) in [5, 5.41) is 0. The molecule has 0 saturated heterocycles. The third-order valence-electron chi connectivity index (χ3n) is 5.84. The van der Waals surface area contributed by atoms with Gasteiger partial charge in [-0.05, 0) is 56.2 Å². The van der Waals surface area contributed by atoms with Gasteiger partial charge < -0.3 is 15.4 Å². The van der Waals surface area contributed by atoms with Gasteiger partial charge in [-0.25, -0.2) is 0 Å². The highest BCUT2D eigenvalue weighted by atomic mass is 16.5. The van der Waals surface area contributed by atoms with Gasteiger partial charge in [0.1, 0.15) is 5.75 Å². The lowest BCUT2D eigenvalue weighted by Gasteiger charge is -2.48. The Morgan fingerprint density at radius 1 is 1.12 bits per heavy atom. The fourth-order valence-corrected chi connectivity index (χ4v) is 3.92. The molecule has 0 aliphatic heterocycles. The number of carbonyl (C=O) groups excluding carboxylic acids is 1. The SMILES string of the molecule is CCCCCCOc1ccc(CC(=O)N(C2CCC2)C2CC(N)C2)cc1. The summed E-state index contributed by atoms with van der Waals surface area (Å²) >= 11 is 0. The molecule has 0 unspecified atom stereocenters. The number of ether oxygens (including phenoxy) is 1. The van der Waals surface area contributed by atoms with Gasteiger partial charge in [-0.15, -0.1) is 0 Å². The van der Waals surface area contributed by atoms with Crippen LogP contribution in [0.2, 0.25) is 0 Å². The average molecular weight is 359 g/mol. The summed E-state index contributed by atoms with van der Waals surface area (Å²) < 4.78 is 5.79. The number of benzene rings is 1. The van der Waals surface area contributed by atoms with E-state index in [0.717, 1.165) is 50.0 Å². The predicted octanol–water partition coefficient (Wildman–Crippen LogP) is 4.06. The number of rotatable bonds is 10. The van der Waals surface area contributed by atoms with Gasteiger partial charge in [-0.2, -0.15) is 0 Å². The van der Waals surface area contributed by atoms with Crippen LogP contribution >= 0.6 is 0 Å². The van der Waals surface area contributed by atoms with E-state index in [2.05, 4.69) is 11.8 Å². The van der Waals surface area contributed by atoms with E-state index < -0.39 is 0 Å². The molecule has 3 rings (SSSR count). The second-order valence-electron chi connectivity index (χ2n) is 8.00. The molecule has 2 aliphatic carbocycles. The van der Waals surface area contributed by atoms with E-state index in [4.69, 9.17) is 10.5 Å². The smallest absolute Gasteiger partial charge is 0.227 e. The molecule has 2 N–H and O–H groups in total. The zero-order valence-corrected chi connectivity index (χ0v) is 16.2. The minimum absolute atomic E-state index is 0.264. The summed E-state index contributed by atoms with van der Waals surface area (Å²) in [6.45, 7) is 2.99. The summed E-state index contributed by atoms with van der Waals surface area (Å²) in [5.74, 6) is 1.17. The van der Waals surface area contributed by atoms with E-state index in [1.165, 1.54) is 25.7 Å². The number of nitrogens with zero attached hydrogens (tertiary/aromatic N) is 1. The van der Waals surface area contributed by atoms with Crippen molar-refractivity contribution in [2.45, 2.75) is 89.3 Å². The molecule has 0 spiro atoms. The molecular weight excluding hydrogens is 324 g/mol. The van der Waals surface area contributed by atoms with Crippen LogP contribution in [0.3, 0.4) is 0 Å². The van der Waals surface area contributed by atoms with E-state index in [9.17, 15) is 4.79 Å². The Morgan fingerprint density at radius 2 is 1.85 bits per heavy atom. The van der Waals surface area contributed by atoms with Gasteiger partial charge >= 0.3 is 0 Å². The van der Waals surface area contributed by atoms with Crippen LogP contribution in [0, 0.1) is 0 Å². The summed E-state index contributed by atoms with van der Waals surface area (Å²) in [6, 6.07) is 9.16. The minimum atomic E-state index is 0.264. The second kappa shape index (κ2) is 9.40. The summed E-state index contributed by atoms with van der Waals surface area (Å²) in [7, 11) is 0. The number of nitrogens with two attached hydrogens (primary N) is 1. The first-order valence-corrected chi connectivity index (χ1v) is 10.5. The topological polar surface area (TPSA) is 55.6 Å². The predicted molar refractivity (Wildman–Crippen MR) is 105 cm³/mol. The zero-order chi connectivity index (χ0) is 18.4. The lowest BCUT2D eigenvalue weighted by atomic mass is 9.81. The third kappa shape index (κ3) is 5.00. The molecule has 1 aromatic carbocycles. The first kappa shape index (κ1) is 19.2. The van der Waals surface area contributed by atoms with E-state index in [0.29, 0.717) is 18.5 Å². The molecule has 2 aliphatic rings. The molecule has 144 valence electrons. The van der Waals surface area contributed by atoms with E-state index in [1.807, 2.05) is 24.3 Å². The quantitative estimate of drug-likeness (QED) is 0.642. The van der Waals surface area contributed by atoms with Crippen LogP contribution in [-0.2, 0) is 11.2 Å². The van der Waals surface area contributed by atoms with Crippen molar-refractivity contribution < 1.29 is 9.53 Å². The summed E-state index contributed by atoms with van der Waals surface area (Å²) in [4.78, 5) is 15.1. The monoisotopic (exact) mass is 358 g/mol. The Balaban J connectivity index is 1.48. The summed E-state index contributed by atoms with van der Waals surface area (Å²) in [6.07, 6.45) is 10.8. The highest BCUT2D eigenvalue weighted by Crippen LogP contribution is 2.34. The fourth-order valence-electron chi connectivity index (χ4n) is 3.92. The molecular formula is C22H34N2O2. The normalized spacial score (nSPS) is 22.4. The van der Waals surface area contributed by atoms with Crippen LogP contribution in [-0.4, -0.2) is 35.5 Å². The Labute approximate surface area is 158 Å². The lowest BCUT2D eigenvalue weighted by Crippen LogP contribution is -2.58. The van der Waals surface area contributed by atoms with Gasteiger partial charge in [-0.3, -0.25) is 4.79 Å². The van der Waals surface area contributed by atoms with Gasteiger partial charge in [0.05, 0.1) is 13.0 Å². The minimum Gasteiger partial charge on any atom is -0.494 e. The van der Waals surface area contributed by atoms with Crippen molar-refractivity contribution in [3.8, 4) is 5.75 Å². The van der Waals surface area contributed by atoms with Crippen LogP contribution in [0.4, 0.5) is 0 Å². The van der Waals surface area contributed by atoms with Crippen LogP contribution in [0.5, 0.6) is 5.75 Å². The van der Waals surface area contributed by atoms with Crippen molar-refractivity contribution in [3.63, 3.8) is 0 Å². The molecule has 0 radical (unpaired) electrons. The number of amides is 1. The Bertz CT molecular complexity index is 562. The molecule has 0 atom stereocenters. The van der Waals surface area contributed by atoms with Crippen LogP contribution in [0.1, 0.15) is 70.3 Å². The molecule has 0 aromatic heterocycles. The van der Waals surface area contributed by atoms with Crippen LogP contribution in [0.15, 0.2) is 24.3 Å². The Kier molecular flexibility index (Phi) is 6.95. The molecule has 1 amide bonds. The van der Waals surface area contributed by atoms with Crippen molar-refractivity contribution >= 4 is 5.91 Å². The molecule has 4 nitrogen and oxygen atoms in total. The Morgan fingerprint density at radius 3 is 2.42 bits per heavy atom. The fraction of sp³-hybridized carbons (Fsp3) is 0.682. The van der Waals surface area contributed by atoms with Crippen molar-refractivity contribution in [1.82, 2.24) is 4.90 Å². The van der Waals surface area contributed by atoms with Gasteiger partial charge in [0.25, 0.3) is 0 Å². The first-order valence-electron chi connectivity index (χ1n) is 10.5. The highest BCUT2D eigenvalue weighted by Gasteiger charge is 2.39. The van der Waals surface area contributed by atoms with Crippen molar-refractivity contribution in [3.05, 3.63) is 29.8 Å². The standard InChI is InChI=1S/C22H34N2O2/c1-2-3-4-5-13-26-21-11-9-17(10-12-21)14-22(25)24(19-7-6-8-19)20-15-18(23)16-20/h9-12,18-20H,2-8,13-16,23H2,1H3. The molecule has 1 aromatic rings. The first-order chi connectivity index (χ1) is 12.7. The van der Waals surface area contributed by atoms with Crippen LogP contribution in [0.25, 0.3) is 0 Å². The molecule has 0 bridgehead atoms. The summed E-state index contributed by atoms with van der Waals surface area (Å²) in [5.41, 5.74) is 7.02. The van der Waals surface area contributed by atoms with Gasteiger partial charge in [-0.1, -0.05) is 38.3 Å². The van der Waals surface area contributed by atoms with E-state index in [-0.39, 0.29) is 11.9 Å². The number of hydrogen-bond donors (Lipinski definition) is 1. The highest BCUT2D eigenvalue weighted by molar-refractivity contribution is 5.79. The number of carbonyl (C=O) groups is 1. The number of hydrogen-bond acceptors (Lipinski definition) is 3. The van der Waals surface area contributed by atoms with Gasteiger partial charge in [0, 0.05) is 18.1 Å². The van der Waals surface area contributed by atoms with E-state index in [1.54, 1.807) is 0 Å². The van der Waals surface area contributed by atoms with Gasteiger partial charge in [0.15, 0.2) is 0 Å².